The van der Waals surface area contributed by atoms with Gasteiger partial charge in [0.05, 0.1) is 7.11 Å². The van der Waals surface area contributed by atoms with Gasteiger partial charge in [-0.05, 0) is 6.07 Å². The Bertz CT molecular complexity index is 393. The SMILES string of the molecule is COc1c(/C=C/CN)cc(F)c(Cl)c1F. The van der Waals surface area contributed by atoms with E-state index >= 15 is 0 Å². The lowest BCUT2D eigenvalue weighted by atomic mass is 10.1. The fraction of sp³-hybridized carbons (Fsp3) is 0.200. The quantitative estimate of drug-likeness (QED) is 0.815. The second kappa shape index (κ2) is 5.09. The van der Waals surface area contributed by atoms with Gasteiger partial charge in [-0.2, -0.15) is 0 Å². The molecule has 82 valence electrons. The van der Waals surface area contributed by atoms with Crippen LogP contribution >= 0.6 is 11.6 Å². The zero-order valence-corrected chi connectivity index (χ0v) is 8.81. The first-order valence-electron chi connectivity index (χ1n) is 4.20. The molecule has 0 unspecified atom stereocenters. The van der Waals surface area contributed by atoms with Crippen molar-refractivity contribution in [2.24, 2.45) is 5.73 Å². The van der Waals surface area contributed by atoms with Gasteiger partial charge in [0.2, 0.25) is 0 Å². The van der Waals surface area contributed by atoms with Crippen molar-refractivity contribution in [3.8, 4) is 5.75 Å². The number of rotatable bonds is 3. The van der Waals surface area contributed by atoms with Gasteiger partial charge in [0.1, 0.15) is 10.8 Å². The lowest BCUT2D eigenvalue weighted by molar-refractivity contribution is 0.383. The number of ether oxygens (including phenoxy) is 1. The number of methoxy groups -OCH3 is 1. The first kappa shape index (κ1) is 11.9. The average molecular weight is 234 g/mol. The van der Waals surface area contributed by atoms with Crippen molar-refractivity contribution < 1.29 is 13.5 Å². The van der Waals surface area contributed by atoms with Gasteiger partial charge in [-0.1, -0.05) is 23.8 Å². The van der Waals surface area contributed by atoms with E-state index in [1.807, 2.05) is 0 Å². The fourth-order valence-corrected chi connectivity index (χ4v) is 1.26. The minimum Gasteiger partial charge on any atom is -0.493 e. The highest BCUT2D eigenvalue weighted by molar-refractivity contribution is 6.31. The molecule has 0 saturated carbocycles. The largest absolute Gasteiger partial charge is 0.493 e. The third-order valence-corrected chi connectivity index (χ3v) is 2.13. The molecule has 1 aromatic carbocycles. The van der Waals surface area contributed by atoms with Crippen LogP contribution in [0.1, 0.15) is 5.56 Å². The summed E-state index contributed by atoms with van der Waals surface area (Å²) < 4.78 is 31.3. The summed E-state index contributed by atoms with van der Waals surface area (Å²) >= 11 is 5.39. The Balaban J connectivity index is 3.31. The summed E-state index contributed by atoms with van der Waals surface area (Å²) in [5.41, 5.74) is 5.50. The molecule has 2 nitrogen and oxygen atoms in total. The molecule has 15 heavy (non-hydrogen) atoms. The van der Waals surface area contributed by atoms with E-state index in [0.717, 1.165) is 6.07 Å². The second-order valence-corrected chi connectivity index (χ2v) is 3.12. The third kappa shape index (κ3) is 2.46. The van der Waals surface area contributed by atoms with Crippen LogP contribution in [-0.4, -0.2) is 13.7 Å². The van der Waals surface area contributed by atoms with Gasteiger partial charge in [-0.3, -0.25) is 0 Å². The van der Waals surface area contributed by atoms with E-state index in [1.54, 1.807) is 6.08 Å². The number of nitrogens with two attached hydrogens (primary N) is 1. The fourth-order valence-electron chi connectivity index (χ4n) is 1.12. The van der Waals surface area contributed by atoms with Crippen molar-refractivity contribution in [1.29, 1.82) is 0 Å². The molecule has 0 fully saturated rings. The molecule has 2 N–H and O–H groups in total. The van der Waals surface area contributed by atoms with Crippen LogP contribution in [-0.2, 0) is 0 Å². The van der Waals surface area contributed by atoms with E-state index in [4.69, 9.17) is 22.1 Å². The molecule has 0 aromatic heterocycles. The molecule has 0 saturated heterocycles. The summed E-state index contributed by atoms with van der Waals surface area (Å²) in [6, 6.07) is 1.09. The average Bonchev–Trinajstić information content (AvgIpc) is 2.23. The first-order chi connectivity index (χ1) is 7.11. The van der Waals surface area contributed by atoms with E-state index in [2.05, 4.69) is 0 Å². The summed E-state index contributed by atoms with van der Waals surface area (Å²) in [6.45, 7) is 0.273. The van der Waals surface area contributed by atoms with E-state index in [-0.39, 0.29) is 17.9 Å². The van der Waals surface area contributed by atoms with Gasteiger partial charge >= 0.3 is 0 Å². The van der Waals surface area contributed by atoms with Crippen molar-refractivity contribution >= 4 is 17.7 Å². The first-order valence-corrected chi connectivity index (χ1v) is 4.57. The van der Waals surface area contributed by atoms with Crippen LogP contribution in [0, 0.1) is 11.6 Å². The number of halogens is 3. The molecule has 0 aliphatic heterocycles. The standard InChI is InChI=1S/C10H10ClF2NO/c1-15-10-6(3-2-4-14)5-7(12)8(11)9(10)13/h2-3,5H,4,14H2,1H3/b3-2+. The zero-order chi connectivity index (χ0) is 11.4. The Hall–Kier alpha value is -1.13. The van der Waals surface area contributed by atoms with Gasteiger partial charge in [0, 0.05) is 12.1 Å². The van der Waals surface area contributed by atoms with E-state index in [1.165, 1.54) is 13.2 Å². The highest BCUT2D eigenvalue weighted by Gasteiger charge is 2.16. The van der Waals surface area contributed by atoms with Gasteiger partial charge in [0.25, 0.3) is 0 Å². The summed E-state index contributed by atoms with van der Waals surface area (Å²) in [7, 11) is 1.28. The van der Waals surface area contributed by atoms with Crippen LogP contribution in [0.25, 0.3) is 6.08 Å². The van der Waals surface area contributed by atoms with Crippen LogP contribution in [0.3, 0.4) is 0 Å². The van der Waals surface area contributed by atoms with Gasteiger partial charge in [-0.25, -0.2) is 8.78 Å². The van der Waals surface area contributed by atoms with Gasteiger partial charge in [0.15, 0.2) is 11.6 Å². The number of hydrogen-bond donors (Lipinski definition) is 1. The Morgan fingerprint density at radius 1 is 1.53 bits per heavy atom. The summed E-state index contributed by atoms with van der Waals surface area (Å²) in [5.74, 6) is -1.83. The van der Waals surface area contributed by atoms with E-state index in [9.17, 15) is 8.78 Å². The van der Waals surface area contributed by atoms with Crippen LogP contribution in [0.15, 0.2) is 12.1 Å². The monoisotopic (exact) mass is 233 g/mol. The number of hydrogen-bond acceptors (Lipinski definition) is 2. The van der Waals surface area contributed by atoms with Crippen LogP contribution in [0.5, 0.6) is 5.75 Å². The van der Waals surface area contributed by atoms with Crippen LogP contribution in [0.2, 0.25) is 5.02 Å². The van der Waals surface area contributed by atoms with Crippen LogP contribution < -0.4 is 10.5 Å². The highest BCUT2D eigenvalue weighted by atomic mass is 35.5. The zero-order valence-electron chi connectivity index (χ0n) is 8.06. The molecule has 0 bridgehead atoms. The van der Waals surface area contributed by atoms with Crippen molar-refractivity contribution in [3.05, 3.63) is 34.4 Å². The molecule has 0 radical (unpaired) electrons. The number of benzene rings is 1. The molecular weight excluding hydrogens is 224 g/mol. The molecule has 0 spiro atoms. The molecule has 0 atom stereocenters. The molecule has 0 aliphatic rings. The highest BCUT2D eigenvalue weighted by Crippen LogP contribution is 2.31. The Morgan fingerprint density at radius 3 is 2.73 bits per heavy atom. The molecule has 1 rings (SSSR count). The van der Waals surface area contributed by atoms with Gasteiger partial charge < -0.3 is 10.5 Å². The summed E-state index contributed by atoms with van der Waals surface area (Å²) in [6.07, 6.45) is 3.03. The third-order valence-electron chi connectivity index (χ3n) is 1.78. The van der Waals surface area contributed by atoms with Gasteiger partial charge in [-0.15, -0.1) is 0 Å². The molecular formula is C10H10ClF2NO. The molecule has 0 aliphatic carbocycles. The van der Waals surface area contributed by atoms with Crippen LogP contribution in [0.4, 0.5) is 8.78 Å². The molecule has 0 amide bonds. The van der Waals surface area contributed by atoms with E-state index < -0.39 is 16.7 Å². The summed E-state index contributed by atoms with van der Waals surface area (Å²) in [4.78, 5) is 0. The van der Waals surface area contributed by atoms with Crippen molar-refractivity contribution in [2.75, 3.05) is 13.7 Å². The maximum atomic E-state index is 13.4. The normalized spacial score (nSPS) is 11.0. The molecule has 1 aromatic rings. The van der Waals surface area contributed by atoms with Crippen molar-refractivity contribution in [1.82, 2.24) is 0 Å². The maximum absolute atomic E-state index is 13.4. The topological polar surface area (TPSA) is 35.2 Å². The summed E-state index contributed by atoms with van der Waals surface area (Å²) in [5, 5.41) is -0.572. The molecule has 0 heterocycles. The predicted molar refractivity (Wildman–Crippen MR) is 56.0 cm³/mol. The van der Waals surface area contributed by atoms with Crippen molar-refractivity contribution in [2.45, 2.75) is 0 Å². The lowest BCUT2D eigenvalue weighted by Crippen LogP contribution is -1.97. The second-order valence-electron chi connectivity index (χ2n) is 2.75. The Labute approximate surface area is 91.3 Å². The molecule has 5 heteroatoms. The van der Waals surface area contributed by atoms with Crippen molar-refractivity contribution in [3.63, 3.8) is 0 Å². The Kier molecular flexibility index (Phi) is 4.05. The Morgan fingerprint density at radius 2 is 2.20 bits per heavy atom. The predicted octanol–water partition coefficient (Wildman–Crippen LogP) is 2.60. The smallest absolute Gasteiger partial charge is 0.187 e. The minimum absolute atomic E-state index is 0.0916. The minimum atomic E-state index is -0.907. The van der Waals surface area contributed by atoms with E-state index in [0.29, 0.717) is 0 Å². The lowest BCUT2D eigenvalue weighted by Gasteiger charge is -2.08. The maximum Gasteiger partial charge on any atom is 0.187 e.